The van der Waals surface area contributed by atoms with E-state index in [1.54, 1.807) is 12.1 Å². The molecule has 1 saturated carbocycles. The summed E-state index contributed by atoms with van der Waals surface area (Å²) in [4.78, 5) is 10.8. The first-order chi connectivity index (χ1) is 8.66. The zero-order chi connectivity index (χ0) is 13.0. The number of aromatic carboxylic acids is 1. The molecule has 0 spiro atoms. The Labute approximate surface area is 116 Å². The Morgan fingerprint density at radius 3 is 2.72 bits per heavy atom. The standard InChI is InChI=1S/C14H18BrNO2/c15-13-7-11(14(17)18)5-6-12(13)9-16-8-10-3-1-2-4-10/h5-7,10,16H,1-4,8-9H2,(H,17,18). The van der Waals surface area contributed by atoms with Crippen LogP contribution in [0.15, 0.2) is 22.7 Å². The van der Waals surface area contributed by atoms with E-state index in [1.165, 1.54) is 25.7 Å². The molecule has 0 aliphatic heterocycles. The van der Waals surface area contributed by atoms with Gasteiger partial charge in [0.1, 0.15) is 0 Å². The highest BCUT2D eigenvalue weighted by Gasteiger charge is 2.14. The van der Waals surface area contributed by atoms with Gasteiger partial charge in [-0.2, -0.15) is 0 Å². The highest BCUT2D eigenvalue weighted by Crippen LogP contribution is 2.24. The first kappa shape index (κ1) is 13.6. The second kappa shape index (κ2) is 6.34. The number of carbonyl (C=O) groups is 1. The molecule has 0 heterocycles. The molecular formula is C14H18BrNO2. The van der Waals surface area contributed by atoms with E-state index in [0.29, 0.717) is 5.56 Å². The lowest BCUT2D eigenvalue weighted by Gasteiger charge is -2.11. The summed E-state index contributed by atoms with van der Waals surface area (Å²) in [6.45, 7) is 1.85. The lowest BCUT2D eigenvalue weighted by Crippen LogP contribution is -2.21. The topological polar surface area (TPSA) is 49.3 Å². The zero-order valence-corrected chi connectivity index (χ0v) is 11.9. The molecule has 0 unspecified atom stereocenters. The van der Waals surface area contributed by atoms with Crippen LogP contribution < -0.4 is 5.32 Å². The van der Waals surface area contributed by atoms with Crippen molar-refractivity contribution in [1.82, 2.24) is 5.32 Å². The Bertz CT molecular complexity index is 428. The second-order valence-electron chi connectivity index (χ2n) is 4.89. The molecule has 0 saturated heterocycles. The number of nitrogens with one attached hydrogen (secondary N) is 1. The summed E-state index contributed by atoms with van der Waals surface area (Å²) < 4.78 is 0.862. The lowest BCUT2D eigenvalue weighted by molar-refractivity contribution is 0.0697. The van der Waals surface area contributed by atoms with Crippen molar-refractivity contribution in [1.29, 1.82) is 0 Å². The van der Waals surface area contributed by atoms with Crippen LogP contribution in [0.5, 0.6) is 0 Å². The highest BCUT2D eigenvalue weighted by molar-refractivity contribution is 9.10. The summed E-state index contributed by atoms with van der Waals surface area (Å²) in [5.74, 6) is -0.0665. The monoisotopic (exact) mass is 311 g/mol. The van der Waals surface area contributed by atoms with Gasteiger partial charge in [0.05, 0.1) is 5.56 Å². The average Bonchev–Trinajstić information content (AvgIpc) is 2.84. The van der Waals surface area contributed by atoms with Gasteiger partial charge >= 0.3 is 5.97 Å². The number of carboxylic acid groups (broad SMARTS) is 1. The van der Waals surface area contributed by atoms with Gasteiger partial charge in [0, 0.05) is 11.0 Å². The summed E-state index contributed by atoms with van der Waals surface area (Å²) in [7, 11) is 0. The smallest absolute Gasteiger partial charge is 0.335 e. The molecule has 1 aromatic carbocycles. The molecule has 2 N–H and O–H groups in total. The number of hydrogen-bond acceptors (Lipinski definition) is 2. The molecule has 1 aromatic rings. The van der Waals surface area contributed by atoms with Crippen LogP contribution in [0.3, 0.4) is 0 Å². The van der Waals surface area contributed by atoms with Gasteiger partial charge in [-0.25, -0.2) is 4.79 Å². The van der Waals surface area contributed by atoms with Crippen molar-refractivity contribution in [3.05, 3.63) is 33.8 Å². The fraction of sp³-hybridized carbons (Fsp3) is 0.500. The van der Waals surface area contributed by atoms with Crippen LogP contribution in [0.25, 0.3) is 0 Å². The van der Waals surface area contributed by atoms with Crippen LogP contribution in [0.4, 0.5) is 0 Å². The maximum atomic E-state index is 10.8. The predicted octanol–water partition coefficient (Wildman–Crippen LogP) is 3.43. The minimum absolute atomic E-state index is 0.321. The molecule has 1 aliphatic rings. The van der Waals surface area contributed by atoms with E-state index in [2.05, 4.69) is 21.2 Å². The van der Waals surface area contributed by atoms with Gasteiger partial charge in [-0.3, -0.25) is 0 Å². The van der Waals surface area contributed by atoms with Gasteiger partial charge in [-0.1, -0.05) is 34.8 Å². The molecule has 0 radical (unpaired) electrons. The summed E-state index contributed by atoms with van der Waals surface area (Å²) in [6, 6.07) is 5.18. The van der Waals surface area contributed by atoms with Crippen molar-refractivity contribution < 1.29 is 9.90 Å². The Morgan fingerprint density at radius 2 is 2.11 bits per heavy atom. The van der Waals surface area contributed by atoms with Gasteiger partial charge in [-0.05, 0) is 43.0 Å². The Hall–Kier alpha value is -0.870. The average molecular weight is 312 g/mol. The van der Waals surface area contributed by atoms with E-state index in [1.807, 2.05) is 6.07 Å². The molecule has 4 heteroatoms. The quantitative estimate of drug-likeness (QED) is 0.876. The molecule has 0 atom stereocenters. The third kappa shape index (κ3) is 3.56. The predicted molar refractivity (Wildman–Crippen MR) is 74.8 cm³/mol. The van der Waals surface area contributed by atoms with Gasteiger partial charge in [-0.15, -0.1) is 0 Å². The fourth-order valence-electron chi connectivity index (χ4n) is 2.45. The molecule has 0 amide bonds. The van der Waals surface area contributed by atoms with E-state index in [-0.39, 0.29) is 0 Å². The molecular weight excluding hydrogens is 294 g/mol. The molecule has 3 nitrogen and oxygen atoms in total. The fourth-order valence-corrected chi connectivity index (χ4v) is 2.97. The molecule has 0 bridgehead atoms. The second-order valence-corrected chi connectivity index (χ2v) is 5.75. The van der Waals surface area contributed by atoms with Crippen molar-refractivity contribution in [2.45, 2.75) is 32.2 Å². The number of rotatable bonds is 5. The normalized spacial score (nSPS) is 16.1. The van der Waals surface area contributed by atoms with Gasteiger partial charge in [0.15, 0.2) is 0 Å². The third-order valence-electron chi connectivity index (χ3n) is 3.52. The molecule has 0 aromatic heterocycles. The third-order valence-corrected chi connectivity index (χ3v) is 4.26. The van der Waals surface area contributed by atoms with E-state index < -0.39 is 5.97 Å². The Morgan fingerprint density at radius 1 is 1.39 bits per heavy atom. The largest absolute Gasteiger partial charge is 0.478 e. The molecule has 2 rings (SSSR count). The maximum absolute atomic E-state index is 10.8. The van der Waals surface area contributed by atoms with Crippen LogP contribution in [0.2, 0.25) is 0 Å². The molecule has 98 valence electrons. The Balaban J connectivity index is 1.87. The zero-order valence-electron chi connectivity index (χ0n) is 10.3. The molecule has 18 heavy (non-hydrogen) atoms. The minimum atomic E-state index is -0.888. The Kier molecular flexibility index (Phi) is 4.78. The number of carboxylic acids is 1. The summed E-state index contributed by atoms with van der Waals surface area (Å²) >= 11 is 3.43. The molecule has 1 aliphatic carbocycles. The first-order valence-corrected chi connectivity index (χ1v) is 7.18. The highest BCUT2D eigenvalue weighted by atomic mass is 79.9. The van der Waals surface area contributed by atoms with E-state index in [0.717, 1.165) is 29.0 Å². The lowest BCUT2D eigenvalue weighted by atomic mass is 10.1. The molecule has 1 fully saturated rings. The van der Waals surface area contributed by atoms with Crippen LogP contribution in [0, 0.1) is 5.92 Å². The van der Waals surface area contributed by atoms with Crippen molar-refractivity contribution in [2.75, 3.05) is 6.54 Å². The van der Waals surface area contributed by atoms with E-state index in [4.69, 9.17) is 5.11 Å². The van der Waals surface area contributed by atoms with Crippen LogP contribution >= 0.6 is 15.9 Å². The van der Waals surface area contributed by atoms with E-state index >= 15 is 0 Å². The summed E-state index contributed by atoms with van der Waals surface area (Å²) in [5, 5.41) is 12.3. The van der Waals surface area contributed by atoms with Crippen molar-refractivity contribution >= 4 is 21.9 Å². The van der Waals surface area contributed by atoms with Crippen molar-refractivity contribution in [3.8, 4) is 0 Å². The van der Waals surface area contributed by atoms with Gasteiger partial charge in [0.25, 0.3) is 0 Å². The van der Waals surface area contributed by atoms with Crippen LogP contribution in [-0.4, -0.2) is 17.6 Å². The van der Waals surface area contributed by atoms with Crippen molar-refractivity contribution in [3.63, 3.8) is 0 Å². The number of halogens is 1. The van der Waals surface area contributed by atoms with Crippen molar-refractivity contribution in [2.24, 2.45) is 5.92 Å². The van der Waals surface area contributed by atoms with Gasteiger partial charge < -0.3 is 10.4 Å². The SMILES string of the molecule is O=C(O)c1ccc(CNCC2CCCC2)c(Br)c1. The maximum Gasteiger partial charge on any atom is 0.335 e. The number of hydrogen-bond donors (Lipinski definition) is 2. The van der Waals surface area contributed by atoms with Gasteiger partial charge in [0.2, 0.25) is 0 Å². The summed E-state index contributed by atoms with van der Waals surface area (Å²) in [6.07, 6.45) is 5.41. The first-order valence-electron chi connectivity index (χ1n) is 6.39. The van der Waals surface area contributed by atoms with E-state index in [9.17, 15) is 4.79 Å². The number of benzene rings is 1. The van der Waals surface area contributed by atoms with Crippen LogP contribution in [0.1, 0.15) is 41.6 Å². The summed E-state index contributed by atoms with van der Waals surface area (Å²) in [5.41, 5.74) is 1.43. The minimum Gasteiger partial charge on any atom is -0.478 e. The van der Waals surface area contributed by atoms with Crippen LogP contribution in [-0.2, 0) is 6.54 Å².